The summed E-state index contributed by atoms with van der Waals surface area (Å²) < 4.78 is 22.6. The smallest absolute Gasteiger partial charge is 0.202 e. The predicted molar refractivity (Wildman–Crippen MR) is 89.7 cm³/mol. The Balaban J connectivity index is 1.98. The molecule has 0 unspecified atom stereocenters. The molecule has 4 nitrogen and oxygen atoms in total. The quantitative estimate of drug-likeness (QED) is 0.689. The molecule has 0 aliphatic rings. The first-order valence-corrected chi connectivity index (χ1v) is 7.61. The summed E-state index contributed by atoms with van der Waals surface area (Å²) in [5.74, 6) is 0.760. The number of benzene rings is 2. The van der Waals surface area contributed by atoms with Gasteiger partial charge in [0.1, 0.15) is 17.6 Å². The molecule has 0 radical (unpaired) electrons. The largest absolute Gasteiger partial charge is 0.497 e. The van der Waals surface area contributed by atoms with Crippen LogP contribution in [0.2, 0.25) is 0 Å². The summed E-state index contributed by atoms with van der Waals surface area (Å²) in [4.78, 5) is 0. The molecule has 23 heavy (non-hydrogen) atoms. The average Bonchev–Trinajstić information content (AvgIpc) is 2.61. The van der Waals surface area contributed by atoms with E-state index in [9.17, 15) is 0 Å². The molecule has 2 rings (SSSR count). The van der Waals surface area contributed by atoms with E-state index < -0.39 is 5.79 Å². The van der Waals surface area contributed by atoms with Crippen LogP contribution in [0.1, 0.15) is 19.4 Å². The normalized spacial score (nSPS) is 14.8. The molecule has 2 aromatic carbocycles. The minimum Gasteiger partial charge on any atom is -0.497 e. The van der Waals surface area contributed by atoms with Crippen molar-refractivity contribution in [2.75, 3.05) is 14.2 Å². The Bertz CT molecular complexity index is 582. The Labute approximate surface area is 137 Å². The van der Waals surface area contributed by atoms with Gasteiger partial charge < -0.3 is 18.9 Å². The minimum absolute atomic E-state index is 0.270. The fourth-order valence-electron chi connectivity index (χ4n) is 2.10. The van der Waals surface area contributed by atoms with Crippen molar-refractivity contribution in [2.45, 2.75) is 32.3 Å². The van der Waals surface area contributed by atoms with E-state index in [1.807, 2.05) is 68.4 Å². The van der Waals surface area contributed by atoms with Crippen LogP contribution < -0.4 is 9.47 Å². The number of rotatable bonds is 8. The molecule has 0 saturated carbocycles. The van der Waals surface area contributed by atoms with Crippen molar-refractivity contribution < 1.29 is 18.9 Å². The molecule has 0 spiro atoms. The summed E-state index contributed by atoms with van der Waals surface area (Å²) >= 11 is 0. The van der Waals surface area contributed by atoms with Crippen LogP contribution in [-0.4, -0.2) is 26.1 Å². The van der Waals surface area contributed by atoms with Crippen molar-refractivity contribution in [1.82, 2.24) is 0 Å². The molecule has 0 bridgehead atoms. The van der Waals surface area contributed by atoms with E-state index in [0.29, 0.717) is 6.61 Å². The molecule has 0 aliphatic carbocycles. The Morgan fingerprint density at radius 2 is 1.57 bits per heavy atom. The lowest BCUT2D eigenvalue weighted by atomic mass is 10.1. The summed E-state index contributed by atoms with van der Waals surface area (Å²) in [6.45, 7) is 4.24. The van der Waals surface area contributed by atoms with E-state index in [1.165, 1.54) is 0 Å². The lowest BCUT2D eigenvalue weighted by Crippen LogP contribution is -2.45. The van der Waals surface area contributed by atoms with Gasteiger partial charge in [0.15, 0.2) is 0 Å². The Hall–Kier alpha value is -2.04. The predicted octanol–water partition coefficient (Wildman–Crippen LogP) is 4.04. The maximum atomic E-state index is 5.98. The van der Waals surface area contributed by atoms with Gasteiger partial charge in [0.25, 0.3) is 0 Å². The second-order valence-corrected chi connectivity index (χ2v) is 5.43. The van der Waals surface area contributed by atoms with Crippen molar-refractivity contribution in [3.8, 4) is 11.5 Å². The summed E-state index contributed by atoms with van der Waals surface area (Å²) in [5.41, 5.74) is 1.04. The molecule has 0 N–H and O–H groups in total. The molecule has 0 aliphatic heterocycles. The third-order valence-electron chi connectivity index (χ3n) is 3.88. The van der Waals surface area contributed by atoms with Gasteiger partial charge in [-0.25, -0.2) is 0 Å². The third kappa shape index (κ3) is 4.71. The molecule has 0 heterocycles. The summed E-state index contributed by atoms with van der Waals surface area (Å²) in [6, 6.07) is 17.4. The maximum Gasteiger partial charge on any atom is 0.202 e. The maximum absolute atomic E-state index is 5.98. The van der Waals surface area contributed by atoms with Crippen LogP contribution in [0.4, 0.5) is 0 Å². The molecule has 0 saturated heterocycles. The minimum atomic E-state index is -0.851. The van der Waals surface area contributed by atoms with Gasteiger partial charge in [0.05, 0.1) is 13.7 Å². The molecule has 0 fully saturated rings. The number of methoxy groups -OCH3 is 2. The van der Waals surface area contributed by atoms with Crippen LogP contribution >= 0.6 is 0 Å². The van der Waals surface area contributed by atoms with Crippen molar-refractivity contribution in [3.05, 3.63) is 60.2 Å². The number of para-hydroxylation sites is 1. The summed E-state index contributed by atoms with van der Waals surface area (Å²) in [7, 11) is 3.27. The second-order valence-electron chi connectivity index (χ2n) is 5.43. The van der Waals surface area contributed by atoms with Gasteiger partial charge in [-0.05, 0) is 43.7 Å². The van der Waals surface area contributed by atoms with Crippen LogP contribution in [0.3, 0.4) is 0 Å². The molecular weight excluding hydrogens is 292 g/mol. The Kier molecular flexibility index (Phi) is 6.02. The van der Waals surface area contributed by atoms with Crippen LogP contribution in [0.25, 0.3) is 0 Å². The van der Waals surface area contributed by atoms with Crippen LogP contribution in [0.5, 0.6) is 11.5 Å². The number of hydrogen-bond donors (Lipinski definition) is 0. The van der Waals surface area contributed by atoms with Gasteiger partial charge in [0.2, 0.25) is 5.79 Å². The van der Waals surface area contributed by atoms with Crippen molar-refractivity contribution >= 4 is 0 Å². The summed E-state index contributed by atoms with van der Waals surface area (Å²) in [6.07, 6.45) is -0.270. The first-order chi connectivity index (χ1) is 11.1. The fraction of sp³-hybridized carbons (Fsp3) is 0.368. The Morgan fingerprint density at radius 3 is 2.13 bits per heavy atom. The van der Waals surface area contributed by atoms with Crippen molar-refractivity contribution in [3.63, 3.8) is 0 Å². The highest BCUT2D eigenvalue weighted by molar-refractivity contribution is 5.26. The van der Waals surface area contributed by atoms with Crippen molar-refractivity contribution in [1.29, 1.82) is 0 Å². The SMILES string of the molecule is COc1ccc(CO[C@@](C)(OC)[C@H](C)Oc2ccccc2)cc1. The van der Waals surface area contributed by atoms with E-state index in [-0.39, 0.29) is 6.10 Å². The van der Waals surface area contributed by atoms with E-state index in [1.54, 1.807) is 14.2 Å². The van der Waals surface area contributed by atoms with E-state index >= 15 is 0 Å². The lowest BCUT2D eigenvalue weighted by Gasteiger charge is -2.34. The molecule has 2 aromatic rings. The van der Waals surface area contributed by atoms with Crippen LogP contribution in [0, 0.1) is 0 Å². The zero-order valence-corrected chi connectivity index (χ0v) is 14.1. The Morgan fingerprint density at radius 1 is 0.913 bits per heavy atom. The molecule has 4 heteroatoms. The molecule has 2 atom stereocenters. The van der Waals surface area contributed by atoms with Gasteiger partial charge in [-0.3, -0.25) is 0 Å². The zero-order chi connectivity index (χ0) is 16.7. The third-order valence-corrected chi connectivity index (χ3v) is 3.88. The van der Waals surface area contributed by atoms with Crippen molar-refractivity contribution in [2.24, 2.45) is 0 Å². The second kappa shape index (κ2) is 7.99. The highest BCUT2D eigenvalue weighted by Crippen LogP contribution is 2.24. The van der Waals surface area contributed by atoms with Crippen LogP contribution in [0.15, 0.2) is 54.6 Å². The highest BCUT2D eigenvalue weighted by atomic mass is 16.7. The fourth-order valence-corrected chi connectivity index (χ4v) is 2.10. The van der Waals surface area contributed by atoms with E-state index in [4.69, 9.17) is 18.9 Å². The van der Waals surface area contributed by atoms with Gasteiger partial charge in [-0.2, -0.15) is 0 Å². The average molecular weight is 316 g/mol. The number of hydrogen-bond acceptors (Lipinski definition) is 4. The molecule has 0 amide bonds. The van der Waals surface area contributed by atoms with E-state index in [2.05, 4.69) is 0 Å². The standard InChI is InChI=1S/C19H24O4/c1-15(23-18-8-6-5-7-9-18)19(2,21-4)22-14-16-10-12-17(20-3)13-11-16/h5-13,15H,14H2,1-4H3/t15-,19+/m0/s1. The van der Waals surface area contributed by atoms with E-state index in [0.717, 1.165) is 17.1 Å². The topological polar surface area (TPSA) is 36.9 Å². The molecule has 0 aromatic heterocycles. The lowest BCUT2D eigenvalue weighted by molar-refractivity contribution is -0.256. The first kappa shape index (κ1) is 17.3. The van der Waals surface area contributed by atoms with Gasteiger partial charge >= 0.3 is 0 Å². The number of ether oxygens (including phenoxy) is 4. The van der Waals surface area contributed by atoms with Gasteiger partial charge in [-0.15, -0.1) is 0 Å². The van der Waals surface area contributed by atoms with Gasteiger partial charge in [0, 0.05) is 7.11 Å². The zero-order valence-electron chi connectivity index (χ0n) is 14.1. The monoisotopic (exact) mass is 316 g/mol. The first-order valence-electron chi connectivity index (χ1n) is 7.61. The summed E-state index contributed by atoms with van der Waals surface area (Å²) in [5, 5.41) is 0. The highest BCUT2D eigenvalue weighted by Gasteiger charge is 2.34. The molecule has 124 valence electrons. The van der Waals surface area contributed by atoms with Crippen LogP contribution in [-0.2, 0) is 16.1 Å². The molecular formula is C19H24O4. The van der Waals surface area contributed by atoms with Gasteiger partial charge in [-0.1, -0.05) is 30.3 Å².